The molecule has 0 unspecified atom stereocenters. The first kappa shape index (κ1) is 18.1. The highest BCUT2D eigenvalue weighted by Crippen LogP contribution is 2.24. The molecule has 0 saturated carbocycles. The zero-order chi connectivity index (χ0) is 18.0. The number of hydrogen-bond acceptors (Lipinski definition) is 2. The Hall–Kier alpha value is -1.72. The Balaban J connectivity index is 1.76. The van der Waals surface area contributed by atoms with Crippen LogP contribution in [0.2, 0.25) is 20.1 Å². The van der Waals surface area contributed by atoms with E-state index in [1.54, 1.807) is 35.1 Å². The highest BCUT2D eigenvalue weighted by molar-refractivity contribution is 6.37. The van der Waals surface area contributed by atoms with Crippen molar-refractivity contribution in [3.05, 3.63) is 79.9 Å². The van der Waals surface area contributed by atoms with Gasteiger partial charge in [0.05, 0.1) is 17.1 Å². The maximum absolute atomic E-state index is 12.3. The second-order valence-electron chi connectivity index (χ2n) is 5.23. The molecule has 1 aromatic heterocycles. The van der Waals surface area contributed by atoms with Crippen LogP contribution in [0.3, 0.4) is 0 Å². The molecular weight excluding hydrogens is 404 g/mol. The molecule has 1 amide bonds. The first-order chi connectivity index (χ1) is 11.9. The van der Waals surface area contributed by atoms with Crippen molar-refractivity contribution < 1.29 is 4.79 Å². The lowest BCUT2D eigenvalue weighted by Crippen LogP contribution is -2.13. The maximum atomic E-state index is 12.3. The molecule has 0 aliphatic rings. The smallest absolute Gasteiger partial charge is 0.258 e. The van der Waals surface area contributed by atoms with E-state index in [1.165, 1.54) is 6.07 Å². The first-order valence-electron chi connectivity index (χ1n) is 7.16. The number of amides is 1. The lowest BCUT2D eigenvalue weighted by molar-refractivity contribution is 0.102. The summed E-state index contributed by atoms with van der Waals surface area (Å²) in [5, 5.41) is 8.63. The number of carbonyl (C=O) groups is 1. The van der Waals surface area contributed by atoms with Gasteiger partial charge in [0, 0.05) is 16.2 Å². The lowest BCUT2D eigenvalue weighted by Gasteiger charge is -2.05. The molecule has 0 fully saturated rings. The molecule has 0 aliphatic carbocycles. The lowest BCUT2D eigenvalue weighted by atomic mass is 10.2. The monoisotopic (exact) mass is 413 g/mol. The van der Waals surface area contributed by atoms with Gasteiger partial charge in [-0.1, -0.05) is 58.5 Å². The number of rotatable bonds is 4. The van der Waals surface area contributed by atoms with Crippen molar-refractivity contribution >= 4 is 58.1 Å². The Labute approximate surface area is 164 Å². The van der Waals surface area contributed by atoms with Crippen LogP contribution >= 0.6 is 46.4 Å². The fourth-order valence-corrected chi connectivity index (χ4v) is 3.01. The fraction of sp³-hybridized carbons (Fsp3) is 0.0588. The molecule has 0 atom stereocenters. The van der Waals surface area contributed by atoms with Gasteiger partial charge in [-0.05, 0) is 35.9 Å². The summed E-state index contributed by atoms with van der Waals surface area (Å²) in [6.45, 7) is 0.495. The topological polar surface area (TPSA) is 46.9 Å². The van der Waals surface area contributed by atoms with Crippen LogP contribution in [0.5, 0.6) is 0 Å². The van der Waals surface area contributed by atoms with Crippen LogP contribution in [-0.2, 0) is 6.54 Å². The van der Waals surface area contributed by atoms with Gasteiger partial charge < -0.3 is 5.32 Å². The van der Waals surface area contributed by atoms with E-state index < -0.39 is 5.91 Å². The molecule has 3 aromatic rings. The minimum atomic E-state index is -0.416. The van der Waals surface area contributed by atoms with Gasteiger partial charge in [-0.25, -0.2) is 0 Å². The minimum Gasteiger partial charge on any atom is -0.304 e. The van der Waals surface area contributed by atoms with Crippen molar-refractivity contribution in [2.75, 3.05) is 5.32 Å². The molecule has 0 bridgehead atoms. The third-order valence-electron chi connectivity index (χ3n) is 3.38. The van der Waals surface area contributed by atoms with Gasteiger partial charge in [0.15, 0.2) is 5.82 Å². The normalized spacial score (nSPS) is 10.7. The molecule has 0 radical (unpaired) electrons. The summed E-state index contributed by atoms with van der Waals surface area (Å²) in [5.74, 6) is -0.160. The highest BCUT2D eigenvalue weighted by Gasteiger charge is 2.15. The van der Waals surface area contributed by atoms with Gasteiger partial charge in [0.1, 0.15) is 5.02 Å². The highest BCUT2D eigenvalue weighted by atomic mass is 35.5. The van der Waals surface area contributed by atoms with E-state index in [-0.39, 0.29) is 16.4 Å². The van der Waals surface area contributed by atoms with Gasteiger partial charge in [-0.2, -0.15) is 5.10 Å². The predicted molar refractivity (Wildman–Crippen MR) is 102 cm³/mol. The van der Waals surface area contributed by atoms with E-state index >= 15 is 0 Å². The van der Waals surface area contributed by atoms with Crippen LogP contribution in [-0.4, -0.2) is 15.7 Å². The number of nitrogens with one attached hydrogen (secondary N) is 1. The number of aromatic nitrogens is 2. The van der Waals surface area contributed by atoms with Crippen LogP contribution in [0.4, 0.5) is 5.82 Å². The molecule has 1 N–H and O–H groups in total. The standard InChI is InChI=1S/C17H11Cl4N3O/c18-11-3-1-10(2-4-11)8-24-9-15(21)16(23-24)22-17(25)13-6-5-12(19)7-14(13)20/h1-7,9H,8H2,(H,22,23,25). The molecule has 8 heteroatoms. The molecule has 3 rings (SSSR count). The Morgan fingerprint density at radius 3 is 2.32 bits per heavy atom. The summed E-state index contributed by atoms with van der Waals surface area (Å²) in [4.78, 5) is 12.3. The molecule has 1 heterocycles. The van der Waals surface area contributed by atoms with Gasteiger partial charge in [0.2, 0.25) is 0 Å². The molecule has 0 aliphatic heterocycles. The number of halogens is 4. The third-order valence-corrected chi connectivity index (χ3v) is 4.46. The SMILES string of the molecule is O=C(Nc1nn(Cc2ccc(Cl)cc2)cc1Cl)c1ccc(Cl)cc1Cl. The van der Waals surface area contributed by atoms with Crippen LogP contribution in [0.1, 0.15) is 15.9 Å². The Morgan fingerprint density at radius 2 is 1.64 bits per heavy atom. The van der Waals surface area contributed by atoms with Gasteiger partial charge in [-0.15, -0.1) is 0 Å². The summed E-state index contributed by atoms with van der Waals surface area (Å²) >= 11 is 23.9. The van der Waals surface area contributed by atoms with Gasteiger partial charge in [0.25, 0.3) is 5.91 Å². The van der Waals surface area contributed by atoms with Crippen LogP contribution in [0.15, 0.2) is 48.7 Å². The van der Waals surface area contributed by atoms with Crippen LogP contribution in [0, 0.1) is 0 Å². The molecule has 4 nitrogen and oxygen atoms in total. The summed E-state index contributed by atoms with van der Waals surface area (Å²) < 4.78 is 1.63. The van der Waals surface area contributed by atoms with Crippen molar-refractivity contribution in [3.63, 3.8) is 0 Å². The zero-order valence-corrected chi connectivity index (χ0v) is 15.7. The molecule has 128 valence electrons. The first-order valence-corrected chi connectivity index (χ1v) is 8.67. The summed E-state index contributed by atoms with van der Waals surface area (Å²) in [7, 11) is 0. The number of nitrogens with zero attached hydrogens (tertiary/aromatic N) is 2. The van der Waals surface area contributed by atoms with E-state index in [0.29, 0.717) is 21.6 Å². The van der Waals surface area contributed by atoms with Gasteiger partial charge >= 0.3 is 0 Å². The average Bonchev–Trinajstić information content (AvgIpc) is 2.89. The Bertz CT molecular complexity index is 922. The maximum Gasteiger partial charge on any atom is 0.258 e. The van der Waals surface area contributed by atoms with E-state index in [1.807, 2.05) is 12.1 Å². The number of anilines is 1. The van der Waals surface area contributed by atoms with Crippen molar-refractivity contribution in [3.8, 4) is 0 Å². The Kier molecular flexibility index (Phi) is 5.54. The van der Waals surface area contributed by atoms with E-state index in [0.717, 1.165) is 5.56 Å². The van der Waals surface area contributed by atoms with Crippen molar-refractivity contribution in [2.24, 2.45) is 0 Å². The molecule has 2 aromatic carbocycles. The van der Waals surface area contributed by atoms with Gasteiger partial charge in [-0.3, -0.25) is 9.48 Å². The number of benzene rings is 2. The van der Waals surface area contributed by atoms with Crippen molar-refractivity contribution in [1.82, 2.24) is 9.78 Å². The van der Waals surface area contributed by atoms with Crippen molar-refractivity contribution in [2.45, 2.75) is 6.54 Å². The summed E-state index contributed by atoms with van der Waals surface area (Å²) in [6, 6.07) is 12.0. The number of carbonyl (C=O) groups excluding carboxylic acids is 1. The molecular formula is C17H11Cl4N3O. The largest absolute Gasteiger partial charge is 0.304 e. The third kappa shape index (κ3) is 4.47. The minimum absolute atomic E-state index is 0.252. The molecule has 0 saturated heterocycles. The average molecular weight is 415 g/mol. The predicted octanol–water partition coefficient (Wildman–Crippen LogP) is 5.80. The summed E-state index contributed by atoms with van der Waals surface area (Å²) in [5.41, 5.74) is 1.29. The number of hydrogen-bond donors (Lipinski definition) is 1. The molecule has 25 heavy (non-hydrogen) atoms. The van der Waals surface area contributed by atoms with Crippen molar-refractivity contribution in [1.29, 1.82) is 0 Å². The Morgan fingerprint density at radius 1 is 0.960 bits per heavy atom. The van der Waals surface area contributed by atoms with E-state index in [2.05, 4.69) is 10.4 Å². The van der Waals surface area contributed by atoms with E-state index in [4.69, 9.17) is 46.4 Å². The second kappa shape index (κ2) is 7.67. The van der Waals surface area contributed by atoms with Crippen LogP contribution in [0.25, 0.3) is 0 Å². The summed E-state index contributed by atoms with van der Waals surface area (Å²) in [6.07, 6.45) is 1.63. The molecule has 0 spiro atoms. The second-order valence-corrected chi connectivity index (χ2v) is 6.92. The zero-order valence-electron chi connectivity index (χ0n) is 12.6. The van der Waals surface area contributed by atoms with Crippen LogP contribution < -0.4 is 5.32 Å². The quantitative estimate of drug-likeness (QED) is 0.586. The van der Waals surface area contributed by atoms with E-state index in [9.17, 15) is 4.79 Å². The fourth-order valence-electron chi connectivity index (χ4n) is 2.19.